The molecule has 27 heavy (non-hydrogen) atoms. The van der Waals surface area contributed by atoms with Crippen LogP contribution in [0.4, 0.5) is 10.1 Å². The van der Waals surface area contributed by atoms with Crippen LogP contribution in [0, 0.1) is 5.82 Å². The van der Waals surface area contributed by atoms with E-state index in [1.165, 1.54) is 12.1 Å². The van der Waals surface area contributed by atoms with Crippen molar-refractivity contribution in [3.63, 3.8) is 0 Å². The van der Waals surface area contributed by atoms with Crippen LogP contribution < -0.4 is 5.32 Å². The first-order valence-electron chi connectivity index (χ1n) is 8.62. The molecular formula is C20H20ClFN4S. The molecule has 7 heteroatoms. The lowest BCUT2D eigenvalue weighted by molar-refractivity contribution is 0.396. The Morgan fingerprint density at radius 1 is 1.19 bits per heavy atom. The molecule has 2 aromatic carbocycles. The summed E-state index contributed by atoms with van der Waals surface area (Å²) in [5.74, 6) is -0.278. The molecule has 0 aliphatic carbocycles. The van der Waals surface area contributed by atoms with Gasteiger partial charge in [0.1, 0.15) is 5.82 Å². The number of halogens is 2. The van der Waals surface area contributed by atoms with Crippen molar-refractivity contribution in [2.24, 2.45) is 0 Å². The summed E-state index contributed by atoms with van der Waals surface area (Å²) < 4.78 is 15.2. The minimum absolute atomic E-state index is 0.278. The van der Waals surface area contributed by atoms with Crippen LogP contribution in [0.1, 0.15) is 12.0 Å². The van der Waals surface area contributed by atoms with Gasteiger partial charge in [0, 0.05) is 42.7 Å². The van der Waals surface area contributed by atoms with Crippen LogP contribution in [0.5, 0.6) is 0 Å². The lowest BCUT2D eigenvalue weighted by atomic mass is 10.2. The molecular weight excluding hydrogens is 383 g/mol. The number of benzene rings is 2. The molecule has 0 aliphatic rings. The summed E-state index contributed by atoms with van der Waals surface area (Å²) in [6.07, 6.45) is 6.40. The maximum atomic E-state index is 13.1. The largest absolute Gasteiger partial charge is 0.345 e. The van der Waals surface area contributed by atoms with Crippen molar-refractivity contribution < 1.29 is 4.39 Å². The predicted octanol–water partition coefficient (Wildman–Crippen LogP) is 4.96. The van der Waals surface area contributed by atoms with E-state index < -0.39 is 0 Å². The number of imidazole rings is 1. The number of nitrogens with one attached hydrogen (secondary N) is 1. The second-order valence-electron chi connectivity index (χ2n) is 6.10. The van der Waals surface area contributed by atoms with E-state index in [1.54, 1.807) is 24.7 Å². The number of anilines is 1. The van der Waals surface area contributed by atoms with Crippen molar-refractivity contribution in [2.75, 3.05) is 11.9 Å². The molecule has 0 atom stereocenters. The van der Waals surface area contributed by atoms with Gasteiger partial charge in [-0.25, -0.2) is 9.37 Å². The summed E-state index contributed by atoms with van der Waals surface area (Å²) in [6.45, 7) is 2.19. The molecule has 0 amide bonds. The molecule has 3 aromatic rings. The van der Waals surface area contributed by atoms with Gasteiger partial charge in [0.15, 0.2) is 5.11 Å². The van der Waals surface area contributed by atoms with Gasteiger partial charge in [0.2, 0.25) is 0 Å². The normalized spacial score (nSPS) is 10.6. The van der Waals surface area contributed by atoms with Crippen LogP contribution in [-0.4, -0.2) is 26.1 Å². The fourth-order valence-electron chi connectivity index (χ4n) is 2.68. The summed E-state index contributed by atoms with van der Waals surface area (Å²) in [7, 11) is 0. The Labute approximate surface area is 168 Å². The minimum atomic E-state index is -0.278. The van der Waals surface area contributed by atoms with Gasteiger partial charge in [-0.3, -0.25) is 0 Å². The number of rotatable bonds is 7. The topological polar surface area (TPSA) is 33.1 Å². The van der Waals surface area contributed by atoms with Gasteiger partial charge in [0.05, 0.1) is 6.33 Å². The number of hydrogen-bond acceptors (Lipinski definition) is 2. The Hall–Kier alpha value is -2.44. The summed E-state index contributed by atoms with van der Waals surface area (Å²) in [6, 6.07) is 13.9. The highest BCUT2D eigenvalue weighted by atomic mass is 35.5. The first kappa shape index (κ1) is 19.3. The first-order chi connectivity index (χ1) is 13.1. The molecule has 0 bridgehead atoms. The Kier molecular flexibility index (Phi) is 6.79. The van der Waals surface area contributed by atoms with Gasteiger partial charge in [-0.2, -0.15) is 0 Å². The zero-order chi connectivity index (χ0) is 19.1. The molecule has 4 nitrogen and oxygen atoms in total. The van der Waals surface area contributed by atoms with Gasteiger partial charge in [-0.15, -0.1) is 0 Å². The highest BCUT2D eigenvalue weighted by Gasteiger charge is 2.12. The minimum Gasteiger partial charge on any atom is -0.345 e. The fourth-order valence-corrected chi connectivity index (χ4v) is 3.15. The number of aromatic nitrogens is 2. The molecule has 0 radical (unpaired) electrons. The Morgan fingerprint density at radius 2 is 1.96 bits per heavy atom. The van der Waals surface area contributed by atoms with Gasteiger partial charge < -0.3 is 14.8 Å². The molecule has 1 N–H and O–H groups in total. The van der Waals surface area contributed by atoms with Crippen LogP contribution in [0.3, 0.4) is 0 Å². The van der Waals surface area contributed by atoms with Crippen LogP contribution in [-0.2, 0) is 13.1 Å². The molecule has 140 valence electrons. The lowest BCUT2D eigenvalue weighted by Crippen LogP contribution is -2.35. The Bertz CT molecular complexity index is 868. The summed E-state index contributed by atoms with van der Waals surface area (Å²) in [5, 5.41) is 4.47. The van der Waals surface area contributed by atoms with E-state index in [1.807, 2.05) is 35.0 Å². The average Bonchev–Trinajstić information content (AvgIpc) is 3.18. The predicted molar refractivity (Wildman–Crippen MR) is 111 cm³/mol. The zero-order valence-corrected chi connectivity index (χ0v) is 16.3. The maximum absolute atomic E-state index is 13.1. The van der Waals surface area contributed by atoms with Gasteiger partial charge in [-0.05, 0) is 54.5 Å². The van der Waals surface area contributed by atoms with Gasteiger partial charge >= 0.3 is 0 Å². The zero-order valence-electron chi connectivity index (χ0n) is 14.7. The molecule has 0 saturated carbocycles. The first-order valence-corrected chi connectivity index (χ1v) is 9.41. The molecule has 1 aromatic heterocycles. The van der Waals surface area contributed by atoms with E-state index in [9.17, 15) is 4.39 Å². The van der Waals surface area contributed by atoms with Crippen LogP contribution >= 0.6 is 23.8 Å². The standard InChI is InChI=1S/C20H20ClFN4S/c21-19-5-2-1-4-16(19)14-26(12-3-11-25-13-10-23-15-25)20(27)24-18-8-6-17(22)7-9-18/h1-2,4-10,13,15H,3,11-12,14H2,(H,24,27). The van der Waals surface area contributed by atoms with Crippen molar-refractivity contribution in [2.45, 2.75) is 19.5 Å². The van der Waals surface area contributed by atoms with Crippen LogP contribution in [0.25, 0.3) is 0 Å². The molecule has 3 rings (SSSR count). The molecule has 0 fully saturated rings. The van der Waals surface area contributed by atoms with E-state index in [-0.39, 0.29) is 5.82 Å². The van der Waals surface area contributed by atoms with Crippen LogP contribution in [0.2, 0.25) is 5.02 Å². The van der Waals surface area contributed by atoms with E-state index in [0.717, 1.165) is 30.8 Å². The smallest absolute Gasteiger partial charge is 0.173 e. The third kappa shape index (κ3) is 5.77. The monoisotopic (exact) mass is 402 g/mol. The average molecular weight is 403 g/mol. The molecule has 1 heterocycles. The third-order valence-corrected chi connectivity index (χ3v) is 4.83. The van der Waals surface area contributed by atoms with E-state index in [2.05, 4.69) is 15.2 Å². The Balaban J connectivity index is 1.68. The van der Waals surface area contributed by atoms with Crippen molar-refractivity contribution in [3.8, 4) is 0 Å². The number of nitrogens with zero attached hydrogens (tertiary/aromatic N) is 3. The number of thiocarbonyl (C=S) groups is 1. The van der Waals surface area contributed by atoms with Crippen molar-refractivity contribution in [3.05, 3.63) is 83.7 Å². The Morgan fingerprint density at radius 3 is 2.67 bits per heavy atom. The fraction of sp³-hybridized carbons (Fsp3) is 0.200. The van der Waals surface area contributed by atoms with Crippen molar-refractivity contribution in [1.29, 1.82) is 0 Å². The SMILES string of the molecule is Fc1ccc(NC(=S)N(CCCn2ccnc2)Cc2ccccc2Cl)cc1. The summed E-state index contributed by atoms with van der Waals surface area (Å²) >= 11 is 11.9. The highest BCUT2D eigenvalue weighted by Crippen LogP contribution is 2.18. The maximum Gasteiger partial charge on any atom is 0.173 e. The second kappa shape index (κ2) is 9.48. The van der Waals surface area contributed by atoms with Crippen molar-refractivity contribution in [1.82, 2.24) is 14.5 Å². The van der Waals surface area contributed by atoms with E-state index in [0.29, 0.717) is 16.7 Å². The van der Waals surface area contributed by atoms with E-state index in [4.69, 9.17) is 23.8 Å². The van der Waals surface area contributed by atoms with E-state index >= 15 is 0 Å². The number of hydrogen-bond donors (Lipinski definition) is 1. The summed E-state index contributed by atoms with van der Waals surface area (Å²) in [5.41, 5.74) is 1.75. The summed E-state index contributed by atoms with van der Waals surface area (Å²) in [4.78, 5) is 6.13. The third-order valence-electron chi connectivity index (χ3n) is 4.11. The van der Waals surface area contributed by atoms with Gasteiger partial charge in [-0.1, -0.05) is 29.8 Å². The number of aryl methyl sites for hydroxylation is 1. The lowest BCUT2D eigenvalue weighted by Gasteiger charge is -2.26. The van der Waals surface area contributed by atoms with Crippen molar-refractivity contribution >= 4 is 34.6 Å². The molecule has 0 aliphatic heterocycles. The molecule has 0 saturated heterocycles. The second-order valence-corrected chi connectivity index (χ2v) is 6.90. The molecule has 0 spiro atoms. The molecule has 0 unspecified atom stereocenters. The quantitative estimate of drug-likeness (QED) is 0.566. The highest BCUT2D eigenvalue weighted by molar-refractivity contribution is 7.80. The van der Waals surface area contributed by atoms with Crippen LogP contribution in [0.15, 0.2) is 67.3 Å². The van der Waals surface area contributed by atoms with Gasteiger partial charge in [0.25, 0.3) is 0 Å².